The molecule has 1 heterocycles. The van der Waals surface area contributed by atoms with Crippen LogP contribution in [-0.4, -0.2) is 25.5 Å². The van der Waals surface area contributed by atoms with Crippen LogP contribution in [-0.2, 0) is 4.79 Å². The van der Waals surface area contributed by atoms with Crippen molar-refractivity contribution in [2.24, 2.45) is 17.8 Å². The summed E-state index contributed by atoms with van der Waals surface area (Å²) < 4.78 is 0. The molecular weight excluding hydrogens is 296 g/mol. The molecule has 2 rings (SSSR count). The molecule has 4 heteroatoms. The number of carbonyl (C=O) groups is 1. The number of halogens is 1. The number of rotatable bonds is 8. The van der Waals surface area contributed by atoms with Gasteiger partial charge in [0, 0.05) is 13.0 Å². The summed E-state index contributed by atoms with van der Waals surface area (Å²) in [6, 6.07) is 0. The molecule has 1 aliphatic heterocycles. The average Bonchev–Trinajstić information content (AvgIpc) is 3.03. The van der Waals surface area contributed by atoms with Crippen molar-refractivity contribution in [3.8, 4) is 0 Å². The van der Waals surface area contributed by atoms with E-state index in [9.17, 15) is 4.79 Å². The monoisotopic (exact) mass is 330 g/mol. The summed E-state index contributed by atoms with van der Waals surface area (Å²) in [5.74, 6) is 2.70. The highest BCUT2D eigenvalue weighted by atomic mass is 35.5. The van der Waals surface area contributed by atoms with E-state index >= 15 is 0 Å². The zero-order valence-corrected chi connectivity index (χ0v) is 15.1. The van der Waals surface area contributed by atoms with Crippen LogP contribution in [0.25, 0.3) is 0 Å². The Kier molecular flexibility index (Phi) is 10.1. The minimum Gasteiger partial charge on any atom is -0.356 e. The van der Waals surface area contributed by atoms with E-state index in [1.165, 1.54) is 51.4 Å². The first-order valence-electron chi connectivity index (χ1n) is 9.25. The molecule has 22 heavy (non-hydrogen) atoms. The van der Waals surface area contributed by atoms with E-state index in [4.69, 9.17) is 0 Å². The largest absolute Gasteiger partial charge is 0.356 e. The highest BCUT2D eigenvalue weighted by Crippen LogP contribution is 2.31. The van der Waals surface area contributed by atoms with Crippen molar-refractivity contribution in [1.82, 2.24) is 10.6 Å². The van der Waals surface area contributed by atoms with Crippen LogP contribution in [0.4, 0.5) is 0 Å². The summed E-state index contributed by atoms with van der Waals surface area (Å²) in [5.41, 5.74) is 0. The first-order valence-corrected chi connectivity index (χ1v) is 9.25. The molecule has 2 N–H and O–H groups in total. The summed E-state index contributed by atoms with van der Waals surface area (Å²) in [4.78, 5) is 11.9. The Hall–Kier alpha value is -0.280. The van der Waals surface area contributed by atoms with E-state index in [2.05, 4.69) is 17.6 Å². The maximum Gasteiger partial charge on any atom is 0.220 e. The third-order valence-electron chi connectivity index (χ3n) is 5.46. The second-order valence-corrected chi connectivity index (χ2v) is 7.23. The van der Waals surface area contributed by atoms with Gasteiger partial charge in [0.05, 0.1) is 0 Å². The van der Waals surface area contributed by atoms with Gasteiger partial charge in [-0.3, -0.25) is 4.79 Å². The molecule has 1 aliphatic carbocycles. The van der Waals surface area contributed by atoms with Crippen LogP contribution in [0.2, 0.25) is 0 Å². The number of unbranched alkanes of at least 4 members (excludes halogenated alkanes) is 1. The molecule has 0 spiro atoms. The minimum atomic E-state index is 0. The molecule has 0 aromatic rings. The molecule has 1 saturated heterocycles. The molecule has 2 fully saturated rings. The topological polar surface area (TPSA) is 41.1 Å². The van der Waals surface area contributed by atoms with Crippen molar-refractivity contribution >= 4 is 18.3 Å². The average molecular weight is 331 g/mol. The van der Waals surface area contributed by atoms with E-state index in [0.717, 1.165) is 50.2 Å². The molecule has 1 saturated carbocycles. The molecular formula is C18H35ClN2O. The molecule has 3 nitrogen and oxygen atoms in total. The zero-order valence-electron chi connectivity index (χ0n) is 14.2. The number of hydrogen-bond acceptors (Lipinski definition) is 2. The number of nitrogens with one attached hydrogen (secondary N) is 2. The Morgan fingerprint density at radius 3 is 2.41 bits per heavy atom. The third-order valence-corrected chi connectivity index (χ3v) is 5.46. The van der Waals surface area contributed by atoms with Gasteiger partial charge in [0.25, 0.3) is 0 Å². The normalized spacial score (nSPS) is 28.1. The SMILES string of the molecule is CCCCC1CCC(CNC(=O)CCC2CCNC2)CC1.Cl. The van der Waals surface area contributed by atoms with E-state index in [1.807, 2.05) is 0 Å². The van der Waals surface area contributed by atoms with Crippen LogP contribution >= 0.6 is 12.4 Å². The highest BCUT2D eigenvalue weighted by molar-refractivity contribution is 5.85. The predicted octanol–water partition coefficient (Wildman–Crippen LogP) is 3.91. The fourth-order valence-electron chi connectivity index (χ4n) is 3.86. The summed E-state index contributed by atoms with van der Waals surface area (Å²) in [7, 11) is 0. The molecule has 0 aromatic carbocycles. The van der Waals surface area contributed by atoms with Crippen molar-refractivity contribution in [2.45, 2.75) is 71.1 Å². The summed E-state index contributed by atoms with van der Waals surface area (Å²) in [5, 5.41) is 6.54. The molecule has 0 bridgehead atoms. The molecule has 0 aromatic heterocycles. The summed E-state index contributed by atoms with van der Waals surface area (Å²) in [6.07, 6.45) is 12.6. The smallest absolute Gasteiger partial charge is 0.220 e. The number of carbonyl (C=O) groups excluding carboxylic acids is 1. The van der Waals surface area contributed by atoms with Crippen LogP contribution in [0, 0.1) is 17.8 Å². The van der Waals surface area contributed by atoms with Gasteiger partial charge in [-0.05, 0) is 56.5 Å². The summed E-state index contributed by atoms with van der Waals surface area (Å²) >= 11 is 0. The number of amides is 1. The Bertz CT molecular complexity index is 297. The van der Waals surface area contributed by atoms with Gasteiger partial charge in [0.15, 0.2) is 0 Å². The lowest BCUT2D eigenvalue weighted by Crippen LogP contribution is -2.31. The maximum absolute atomic E-state index is 11.9. The Morgan fingerprint density at radius 1 is 1.05 bits per heavy atom. The van der Waals surface area contributed by atoms with Crippen LogP contribution in [0.3, 0.4) is 0 Å². The van der Waals surface area contributed by atoms with Gasteiger partial charge < -0.3 is 10.6 Å². The van der Waals surface area contributed by atoms with Crippen molar-refractivity contribution < 1.29 is 4.79 Å². The minimum absolute atomic E-state index is 0. The van der Waals surface area contributed by atoms with Gasteiger partial charge in [0.2, 0.25) is 5.91 Å². The molecule has 1 amide bonds. The lowest BCUT2D eigenvalue weighted by atomic mass is 9.80. The van der Waals surface area contributed by atoms with Crippen molar-refractivity contribution in [3.63, 3.8) is 0 Å². The molecule has 130 valence electrons. The van der Waals surface area contributed by atoms with Crippen LogP contribution in [0.1, 0.15) is 71.1 Å². The Balaban J connectivity index is 0.00000242. The van der Waals surface area contributed by atoms with Gasteiger partial charge >= 0.3 is 0 Å². The zero-order chi connectivity index (χ0) is 14.9. The first-order chi connectivity index (χ1) is 10.3. The standard InChI is InChI=1S/C18H34N2O.ClH/c1-2-3-4-15-5-7-16(8-6-15)14-20-18(21)10-9-17-11-12-19-13-17;/h15-17,19H,2-14H2,1H3,(H,20,21);1H. The molecule has 1 atom stereocenters. The van der Waals surface area contributed by atoms with E-state index in [-0.39, 0.29) is 18.3 Å². The first kappa shape index (κ1) is 19.8. The Morgan fingerprint density at radius 2 is 1.77 bits per heavy atom. The van der Waals surface area contributed by atoms with Gasteiger partial charge in [0.1, 0.15) is 0 Å². The van der Waals surface area contributed by atoms with Crippen LogP contribution in [0.5, 0.6) is 0 Å². The second-order valence-electron chi connectivity index (χ2n) is 7.23. The van der Waals surface area contributed by atoms with Crippen LogP contribution < -0.4 is 10.6 Å². The van der Waals surface area contributed by atoms with Gasteiger partial charge in [-0.2, -0.15) is 0 Å². The fraction of sp³-hybridized carbons (Fsp3) is 0.944. The lowest BCUT2D eigenvalue weighted by Gasteiger charge is -2.28. The quantitative estimate of drug-likeness (QED) is 0.708. The third kappa shape index (κ3) is 7.32. The fourth-order valence-corrected chi connectivity index (χ4v) is 3.86. The van der Waals surface area contributed by atoms with Gasteiger partial charge in [-0.15, -0.1) is 12.4 Å². The van der Waals surface area contributed by atoms with Crippen molar-refractivity contribution in [1.29, 1.82) is 0 Å². The maximum atomic E-state index is 11.9. The summed E-state index contributed by atoms with van der Waals surface area (Å²) in [6.45, 7) is 5.44. The van der Waals surface area contributed by atoms with Crippen molar-refractivity contribution in [2.75, 3.05) is 19.6 Å². The second kappa shape index (κ2) is 11.3. The predicted molar refractivity (Wildman–Crippen MR) is 95.4 cm³/mol. The number of hydrogen-bond donors (Lipinski definition) is 2. The van der Waals surface area contributed by atoms with E-state index in [1.54, 1.807) is 0 Å². The van der Waals surface area contributed by atoms with Crippen molar-refractivity contribution in [3.05, 3.63) is 0 Å². The Labute approximate surface area is 142 Å². The highest BCUT2D eigenvalue weighted by Gasteiger charge is 2.21. The molecule has 1 unspecified atom stereocenters. The van der Waals surface area contributed by atoms with Gasteiger partial charge in [-0.1, -0.05) is 39.0 Å². The lowest BCUT2D eigenvalue weighted by molar-refractivity contribution is -0.121. The van der Waals surface area contributed by atoms with Gasteiger partial charge in [-0.25, -0.2) is 0 Å². The molecule has 0 radical (unpaired) electrons. The molecule has 2 aliphatic rings. The van der Waals surface area contributed by atoms with E-state index in [0.29, 0.717) is 0 Å². The van der Waals surface area contributed by atoms with E-state index < -0.39 is 0 Å². The van der Waals surface area contributed by atoms with Crippen LogP contribution in [0.15, 0.2) is 0 Å².